The summed E-state index contributed by atoms with van der Waals surface area (Å²) in [6.07, 6.45) is 13.0. The van der Waals surface area contributed by atoms with Crippen molar-refractivity contribution in [3.63, 3.8) is 0 Å². The van der Waals surface area contributed by atoms with Gasteiger partial charge in [0.1, 0.15) is 5.01 Å². The predicted octanol–water partition coefficient (Wildman–Crippen LogP) is 3.81. The lowest BCUT2D eigenvalue weighted by Gasteiger charge is -2.32. The van der Waals surface area contributed by atoms with Gasteiger partial charge in [0.2, 0.25) is 0 Å². The van der Waals surface area contributed by atoms with Crippen LogP contribution in [0.25, 0.3) is 0 Å². The summed E-state index contributed by atoms with van der Waals surface area (Å²) >= 11 is 1.99. The molecule has 2 aliphatic carbocycles. The van der Waals surface area contributed by atoms with Gasteiger partial charge in [-0.3, -0.25) is 0 Å². The van der Waals surface area contributed by atoms with E-state index in [1.165, 1.54) is 74.9 Å². The maximum absolute atomic E-state index is 5.25. The Balaban J connectivity index is 1.84. The molecule has 0 unspecified atom stereocenters. The Morgan fingerprint density at radius 1 is 1.10 bits per heavy atom. The summed E-state index contributed by atoms with van der Waals surface area (Å²) in [5.74, 6) is 0. The van der Waals surface area contributed by atoms with E-state index in [1.807, 2.05) is 11.3 Å². The minimum Gasteiger partial charge on any atom is -0.383 e. The first-order valence-corrected chi connectivity index (χ1v) is 9.39. The van der Waals surface area contributed by atoms with Crippen molar-refractivity contribution in [1.82, 2.24) is 10.3 Å². The number of nitrogens with zero attached hydrogens (tertiary/aromatic N) is 1. The monoisotopic (exact) mass is 308 g/mol. The maximum Gasteiger partial charge on any atom is 0.113 e. The van der Waals surface area contributed by atoms with Crippen LogP contribution >= 0.6 is 11.3 Å². The van der Waals surface area contributed by atoms with Crippen LogP contribution in [0.5, 0.6) is 0 Å². The first-order chi connectivity index (χ1) is 10.3. The largest absolute Gasteiger partial charge is 0.383 e. The van der Waals surface area contributed by atoms with Crippen LogP contribution in [-0.2, 0) is 23.1 Å². The van der Waals surface area contributed by atoms with E-state index in [0.717, 1.165) is 13.2 Å². The van der Waals surface area contributed by atoms with Gasteiger partial charge in [-0.05, 0) is 38.5 Å². The minimum absolute atomic E-state index is 0.122. The average Bonchev–Trinajstić information content (AvgIpc) is 2.81. The summed E-state index contributed by atoms with van der Waals surface area (Å²) < 4.78 is 5.25. The summed E-state index contributed by atoms with van der Waals surface area (Å²) in [5, 5.41) is 5.19. The van der Waals surface area contributed by atoms with Gasteiger partial charge < -0.3 is 10.1 Å². The number of thiazole rings is 1. The lowest BCUT2D eigenvalue weighted by Crippen LogP contribution is -2.43. The second-order valence-corrected chi connectivity index (χ2v) is 7.60. The van der Waals surface area contributed by atoms with E-state index in [9.17, 15) is 0 Å². The van der Waals surface area contributed by atoms with Crippen LogP contribution in [-0.4, -0.2) is 25.2 Å². The number of aromatic nitrogens is 1. The van der Waals surface area contributed by atoms with Gasteiger partial charge in [0.15, 0.2) is 0 Å². The fraction of sp³-hybridized carbons (Fsp3) is 0.824. The number of rotatable bonds is 5. The van der Waals surface area contributed by atoms with E-state index in [2.05, 4.69) is 5.32 Å². The number of hydrogen-bond acceptors (Lipinski definition) is 4. The molecule has 2 aliphatic rings. The van der Waals surface area contributed by atoms with E-state index < -0.39 is 0 Å². The van der Waals surface area contributed by atoms with Gasteiger partial charge in [0.25, 0.3) is 0 Å². The molecule has 0 aromatic carbocycles. The molecule has 118 valence electrons. The Hall–Kier alpha value is -0.450. The molecule has 0 radical (unpaired) electrons. The second kappa shape index (κ2) is 7.21. The molecule has 3 nitrogen and oxygen atoms in total. The second-order valence-electron chi connectivity index (χ2n) is 6.51. The van der Waals surface area contributed by atoms with Crippen molar-refractivity contribution < 1.29 is 4.74 Å². The van der Waals surface area contributed by atoms with Crippen molar-refractivity contribution in [3.05, 3.63) is 15.6 Å². The number of aryl methyl sites for hydroxylation is 2. The molecule has 0 amide bonds. The zero-order valence-corrected chi connectivity index (χ0v) is 14.1. The number of hydrogen-bond donors (Lipinski definition) is 1. The Bertz CT molecular complexity index is 426. The number of fused-ring (bicyclic) bond motifs is 1. The topological polar surface area (TPSA) is 34.1 Å². The molecule has 1 fully saturated rings. The fourth-order valence-corrected chi connectivity index (χ4v) is 5.12. The van der Waals surface area contributed by atoms with Crippen LogP contribution in [0.2, 0.25) is 0 Å². The van der Waals surface area contributed by atoms with E-state index >= 15 is 0 Å². The van der Waals surface area contributed by atoms with Crippen LogP contribution in [0.15, 0.2) is 0 Å². The van der Waals surface area contributed by atoms with Crippen LogP contribution in [0.4, 0.5) is 0 Å². The van der Waals surface area contributed by atoms with Crippen molar-refractivity contribution in [3.8, 4) is 0 Å². The van der Waals surface area contributed by atoms with E-state index in [4.69, 9.17) is 9.72 Å². The summed E-state index contributed by atoms with van der Waals surface area (Å²) in [4.78, 5) is 6.65. The lowest BCUT2D eigenvalue weighted by atomic mass is 9.90. The molecule has 0 atom stereocenters. The molecular formula is C17H28N2OS. The molecule has 0 aliphatic heterocycles. The SMILES string of the molecule is COCCNC1(c2nc3c(s2)CCCC3)CCCCCC1. The zero-order valence-electron chi connectivity index (χ0n) is 13.2. The smallest absolute Gasteiger partial charge is 0.113 e. The highest BCUT2D eigenvalue weighted by molar-refractivity contribution is 7.11. The van der Waals surface area contributed by atoms with E-state index in [1.54, 1.807) is 12.0 Å². The molecule has 21 heavy (non-hydrogen) atoms. The van der Waals surface area contributed by atoms with Gasteiger partial charge >= 0.3 is 0 Å². The van der Waals surface area contributed by atoms with Gasteiger partial charge in [-0.15, -0.1) is 11.3 Å². The quantitative estimate of drug-likeness (QED) is 0.663. The molecule has 4 heteroatoms. The van der Waals surface area contributed by atoms with Crippen molar-refractivity contribution in [1.29, 1.82) is 0 Å². The molecule has 0 saturated heterocycles. The molecule has 0 bridgehead atoms. The zero-order chi connectivity index (χ0) is 14.5. The van der Waals surface area contributed by atoms with Crippen molar-refractivity contribution in [2.75, 3.05) is 20.3 Å². The lowest BCUT2D eigenvalue weighted by molar-refractivity contribution is 0.177. The van der Waals surface area contributed by atoms with Crippen LogP contribution in [0.1, 0.15) is 66.9 Å². The normalized spacial score (nSPS) is 21.8. The van der Waals surface area contributed by atoms with Gasteiger partial charge in [0, 0.05) is 18.5 Å². The third kappa shape index (κ3) is 3.49. The average molecular weight is 308 g/mol. The van der Waals surface area contributed by atoms with Crippen molar-refractivity contribution in [2.24, 2.45) is 0 Å². The Kier molecular flexibility index (Phi) is 5.30. The summed E-state index contributed by atoms with van der Waals surface area (Å²) in [7, 11) is 1.78. The summed E-state index contributed by atoms with van der Waals surface area (Å²) in [5.41, 5.74) is 1.52. The number of methoxy groups -OCH3 is 1. The molecule has 1 N–H and O–H groups in total. The Labute approximate surface area is 132 Å². The van der Waals surface area contributed by atoms with E-state index in [0.29, 0.717) is 0 Å². The highest BCUT2D eigenvalue weighted by atomic mass is 32.1. The number of nitrogens with one attached hydrogen (secondary N) is 1. The first-order valence-electron chi connectivity index (χ1n) is 8.57. The van der Waals surface area contributed by atoms with Gasteiger partial charge in [-0.25, -0.2) is 4.98 Å². The van der Waals surface area contributed by atoms with Gasteiger partial charge in [0.05, 0.1) is 17.8 Å². The third-order valence-corrected chi connectivity index (χ3v) is 6.34. The Morgan fingerprint density at radius 3 is 2.57 bits per heavy atom. The van der Waals surface area contributed by atoms with Crippen LogP contribution < -0.4 is 5.32 Å². The molecule has 1 aromatic rings. The van der Waals surface area contributed by atoms with Crippen LogP contribution in [0, 0.1) is 0 Å². The molecule has 1 saturated carbocycles. The van der Waals surface area contributed by atoms with Crippen molar-refractivity contribution >= 4 is 11.3 Å². The Morgan fingerprint density at radius 2 is 1.86 bits per heavy atom. The molecular weight excluding hydrogens is 280 g/mol. The highest BCUT2D eigenvalue weighted by Crippen LogP contribution is 2.40. The molecule has 1 aromatic heterocycles. The van der Waals surface area contributed by atoms with Gasteiger partial charge in [-0.2, -0.15) is 0 Å². The third-order valence-electron chi connectivity index (χ3n) is 4.98. The maximum atomic E-state index is 5.25. The summed E-state index contributed by atoms with van der Waals surface area (Å²) in [6.45, 7) is 1.72. The van der Waals surface area contributed by atoms with E-state index in [-0.39, 0.29) is 5.54 Å². The highest BCUT2D eigenvalue weighted by Gasteiger charge is 2.36. The predicted molar refractivity (Wildman–Crippen MR) is 88.0 cm³/mol. The molecule has 1 heterocycles. The van der Waals surface area contributed by atoms with Crippen LogP contribution in [0.3, 0.4) is 0 Å². The van der Waals surface area contributed by atoms with Crippen molar-refractivity contribution in [2.45, 2.75) is 69.7 Å². The summed E-state index contributed by atoms with van der Waals surface area (Å²) in [6, 6.07) is 0. The number of ether oxygens (including phenoxy) is 1. The first kappa shape index (κ1) is 15.4. The van der Waals surface area contributed by atoms with Gasteiger partial charge in [-0.1, -0.05) is 25.7 Å². The fourth-order valence-electron chi connectivity index (χ4n) is 3.75. The standard InChI is InChI=1S/C17H28N2OS/c1-20-13-12-18-17(10-6-2-3-7-11-17)16-19-14-8-4-5-9-15(14)21-16/h18H,2-13H2,1H3. The molecule has 0 spiro atoms. The minimum atomic E-state index is 0.122. The molecule has 3 rings (SSSR count).